The molecule has 1 heterocycles. The van der Waals surface area contributed by atoms with E-state index in [9.17, 15) is 9.90 Å². The normalized spacial score (nSPS) is 21.6. The highest BCUT2D eigenvalue weighted by Crippen LogP contribution is 2.28. The molecule has 0 spiro atoms. The predicted octanol–water partition coefficient (Wildman–Crippen LogP) is 1.38. The Morgan fingerprint density at radius 2 is 1.78 bits per heavy atom. The first kappa shape index (κ1) is 15.2. The molecule has 18 heavy (non-hydrogen) atoms. The van der Waals surface area contributed by atoms with E-state index in [0.29, 0.717) is 25.9 Å². The summed E-state index contributed by atoms with van der Waals surface area (Å²) >= 11 is 0. The van der Waals surface area contributed by atoms with Crippen LogP contribution in [0.15, 0.2) is 0 Å². The molecule has 1 amide bonds. The van der Waals surface area contributed by atoms with Gasteiger partial charge in [-0.15, -0.1) is 0 Å². The summed E-state index contributed by atoms with van der Waals surface area (Å²) in [5, 5.41) is 19.1. The standard InChI is InChI=1S/C13H25NO4/c1-12(2,3)18-11(16)14-7-5-10(6-8-14)13(4,17)9-15/h10,15,17H,5-9H2,1-4H3. The molecule has 0 radical (unpaired) electrons. The van der Waals surface area contributed by atoms with Crippen LogP contribution in [0.25, 0.3) is 0 Å². The van der Waals surface area contributed by atoms with Crippen molar-refractivity contribution in [3.05, 3.63) is 0 Å². The largest absolute Gasteiger partial charge is 0.444 e. The summed E-state index contributed by atoms with van der Waals surface area (Å²) < 4.78 is 5.30. The van der Waals surface area contributed by atoms with Crippen molar-refractivity contribution >= 4 is 6.09 Å². The van der Waals surface area contributed by atoms with Gasteiger partial charge >= 0.3 is 6.09 Å². The van der Waals surface area contributed by atoms with Crippen LogP contribution in [0.4, 0.5) is 4.79 Å². The highest BCUT2D eigenvalue weighted by molar-refractivity contribution is 5.68. The van der Waals surface area contributed by atoms with Crippen LogP contribution in [0.3, 0.4) is 0 Å². The summed E-state index contributed by atoms with van der Waals surface area (Å²) in [7, 11) is 0. The minimum Gasteiger partial charge on any atom is -0.444 e. The van der Waals surface area contributed by atoms with E-state index in [-0.39, 0.29) is 18.6 Å². The zero-order valence-corrected chi connectivity index (χ0v) is 11.8. The summed E-state index contributed by atoms with van der Waals surface area (Å²) in [6, 6.07) is 0. The molecule has 5 heteroatoms. The summed E-state index contributed by atoms with van der Waals surface area (Å²) in [6.45, 7) is 8.05. The van der Waals surface area contributed by atoms with Crippen LogP contribution >= 0.6 is 0 Å². The van der Waals surface area contributed by atoms with E-state index in [0.717, 1.165) is 0 Å². The molecule has 5 nitrogen and oxygen atoms in total. The third kappa shape index (κ3) is 4.14. The van der Waals surface area contributed by atoms with Gasteiger partial charge in [-0.05, 0) is 46.5 Å². The Morgan fingerprint density at radius 3 is 2.17 bits per heavy atom. The van der Waals surface area contributed by atoms with Gasteiger partial charge in [-0.1, -0.05) is 0 Å². The topological polar surface area (TPSA) is 70.0 Å². The third-order valence-corrected chi connectivity index (χ3v) is 3.35. The summed E-state index contributed by atoms with van der Waals surface area (Å²) in [4.78, 5) is 13.5. The van der Waals surface area contributed by atoms with Crippen LogP contribution in [-0.2, 0) is 4.74 Å². The van der Waals surface area contributed by atoms with Crippen molar-refractivity contribution < 1.29 is 19.7 Å². The Morgan fingerprint density at radius 1 is 1.28 bits per heavy atom. The van der Waals surface area contributed by atoms with Crippen molar-refractivity contribution in [1.29, 1.82) is 0 Å². The first-order valence-electron chi connectivity index (χ1n) is 6.47. The molecule has 1 saturated heterocycles. The molecule has 1 fully saturated rings. The number of hydrogen-bond donors (Lipinski definition) is 2. The molecule has 0 aliphatic carbocycles. The Kier molecular flexibility index (Phi) is 4.61. The average molecular weight is 259 g/mol. The first-order chi connectivity index (χ1) is 8.15. The second kappa shape index (κ2) is 5.45. The molecule has 1 unspecified atom stereocenters. The molecule has 106 valence electrons. The van der Waals surface area contributed by atoms with E-state index in [1.165, 1.54) is 0 Å². The molecular weight excluding hydrogens is 234 g/mol. The quantitative estimate of drug-likeness (QED) is 0.786. The van der Waals surface area contributed by atoms with Crippen LogP contribution in [-0.4, -0.2) is 52.1 Å². The average Bonchev–Trinajstić information content (AvgIpc) is 2.27. The third-order valence-electron chi connectivity index (χ3n) is 3.35. The maximum absolute atomic E-state index is 11.8. The number of ether oxygens (including phenoxy) is 1. The zero-order chi connectivity index (χ0) is 14.0. The Hall–Kier alpha value is -0.810. The van der Waals surface area contributed by atoms with Crippen molar-refractivity contribution in [3.63, 3.8) is 0 Å². The van der Waals surface area contributed by atoms with Crippen LogP contribution in [0.2, 0.25) is 0 Å². The van der Waals surface area contributed by atoms with Crippen molar-refractivity contribution in [2.75, 3.05) is 19.7 Å². The highest BCUT2D eigenvalue weighted by atomic mass is 16.6. The van der Waals surface area contributed by atoms with Crippen LogP contribution < -0.4 is 0 Å². The lowest BCUT2D eigenvalue weighted by Gasteiger charge is -2.38. The van der Waals surface area contributed by atoms with Gasteiger partial charge in [0.25, 0.3) is 0 Å². The number of likely N-dealkylation sites (tertiary alicyclic amines) is 1. The molecule has 0 saturated carbocycles. The lowest BCUT2D eigenvalue weighted by molar-refractivity contribution is -0.0666. The maximum atomic E-state index is 11.8. The number of aliphatic hydroxyl groups is 2. The monoisotopic (exact) mass is 259 g/mol. The number of rotatable bonds is 2. The number of nitrogens with zero attached hydrogens (tertiary/aromatic N) is 1. The van der Waals surface area contributed by atoms with Gasteiger partial charge in [0.1, 0.15) is 5.60 Å². The van der Waals surface area contributed by atoms with E-state index in [4.69, 9.17) is 9.84 Å². The molecular formula is C13H25NO4. The van der Waals surface area contributed by atoms with Crippen molar-refractivity contribution in [3.8, 4) is 0 Å². The van der Waals surface area contributed by atoms with Crippen LogP contribution in [0.5, 0.6) is 0 Å². The molecule has 1 atom stereocenters. The molecule has 1 aliphatic rings. The molecule has 0 aromatic rings. The molecule has 0 bridgehead atoms. The van der Waals surface area contributed by atoms with Crippen molar-refractivity contribution in [2.45, 2.75) is 51.7 Å². The zero-order valence-electron chi connectivity index (χ0n) is 11.8. The SMILES string of the molecule is CC(C)(C)OC(=O)N1CCC(C(C)(O)CO)CC1. The number of carbonyl (C=O) groups excluding carboxylic acids is 1. The maximum Gasteiger partial charge on any atom is 0.410 e. The molecule has 0 aromatic heterocycles. The lowest BCUT2D eigenvalue weighted by Crippen LogP contribution is -2.48. The number of carbonyl (C=O) groups is 1. The van der Waals surface area contributed by atoms with Crippen molar-refractivity contribution in [1.82, 2.24) is 4.90 Å². The van der Waals surface area contributed by atoms with E-state index in [1.807, 2.05) is 20.8 Å². The van der Waals surface area contributed by atoms with Gasteiger partial charge in [0, 0.05) is 13.1 Å². The molecule has 2 N–H and O–H groups in total. The second-order valence-electron chi connectivity index (χ2n) is 6.26. The van der Waals surface area contributed by atoms with Crippen LogP contribution in [0, 0.1) is 5.92 Å². The Balaban J connectivity index is 2.47. The summed E-state index contributed by atoms with van der Waals surface area (Å²) in [5.41, 5.74) is -1.54. The van der Waals surface area contributed by atoms with Crippen LogP contribution in [0.1, 0.15) is 40.5 Å². The Bertz CT molecular complexity index is 288. The fraction of sp³-hybridized carbons (Fsp3) is 0.923. The second-order valence-corrected chi connectivity index (χ2v) is 6.26. The number of aliphatic hydroxyl groups excluding tert-OH is 1. The minimum atomic E-state index is -1.06. The minimum absolute atomic E-state index is 0.0289. The highest BCUT2D eigenvalue weighted by Gasteiger charge is 2.35. The summed E-state index contributed by atoms with van der Waals surface area (Å²) in [6.07, 6.45) is 1.07. The molecule has 0 aromatic carbocycles. The fourth-order valence-corrected chi connectivity index (χ4v) is 2.14. The van der Waals surface area contributed by atoms with Gasteiger partial charge in [-0.2, -0.15) is 0 Å². The smallest absolute Gasteiger partial charge is 0.410 e. The number of piperidine rings is 1. The van der Waals surface area contributed by atoms with Gasteiger partial charge in [-0.25, -0.2) is 4.79 Å². The lowest BCUT2D eigenvalue weighted by atomic mass is 9.82. The molecule has 1 aliphatic heterocycles. The van der Waals surface area contributed by atoms with Gasteiger partial charge < -0.3 is 19.8 Å². The van der Waals surface area contributed by atoms with Gasteiger partial charge in [0.05, 0.1) is 12.2 Å². The van der Waals surface area contributed by atoms with E-state index in [2.05, 4.69) is 0 Å². The first-order valence-corrected chi connectivity index (χ1v) is 6.47. The van der Waals surface area contributed by atoms with E-state index < -0.39 is 11.2 Å². The number of hydrogen-bond acceptors (Lipinski definition) is 4. The molecule has 1 rings (SSSR count). The Labute approximate surface area is 109 Å². The van der Waals surface area contributed by atoms with Gasteiger partial charge in [0.2, 0.25) is 0 Å². The van der Waals surface area contributed by atoms with Gasteiger partial charge in [-0.3, -0.25) is 0 Å². The van der Waals surface area contributed by atoms with E-state index in [1.54, 1.807) is 11.8 Å². The predicted molar refractivity (Wildman–Crippen MR) is 68.2 cm³/mol. The summed E-state index contributed by atoms with van der Waals surface area (Å²) in [5.74, 6) is 0.0289. The van der Waals surface area contributed by atoms with Crippen molar-refractivity contribution in [2.24, 2.45) is 5.92 Å². The fourth-order valence-electron chi connectivity index (χ4n) is 2.14. The van der Waals surface area contributed by atoms with E-state index >= 15 is 0 Å². The number of amides is 1. The van der Waals surface area contributed by atoms with Gasteiger partial charge in [0.15, 0.2) is 0 Å².